The fourth-order valence-electron chi connectivity index (χ4n) is 2.43. The number of nitrogens with two attached hydrogens (primary N) is 1. The van der Waals surface area contributed by atoms with E-state index in [2.05, 4.69) is 0 Å². The SMILES string of the molecule is NC(CCn1c(=O)ccn(C2OC(CO)C(O)C2O)c1=O)C(=O)O. The van der Waals surface area contributed by atoms with E-state index < -0.39 is 54.4 Å². The maximum absolute atomic E-state index is 12.4. The molecule has 1 aliphatic rings. The number of ether oxygens (including phenoxy) is 1. The van der Waals surface area contributed by atoms with Crippen molar-refractivity contribution in [2.45, 2.75) is 43.5 Å². The van der Waals surface area contributed by atoms with Gasteiger partial charge in [0.1, 0.15) is 24.4 Å². The van der Waals surface area contributed by atoms with E-state index in [0.717, 1.165) is 21.4 Å². The summed E-state index contributed by atoms with van der Waals surface area (Å²) >= 11 is 0. The topological polar surface area (TPSA) is 177 Å². The van der Waals surface area contributed by atoms with E-state index >= 15 is 0 Å². The van der Waals surface area contributed by atoms with Crippen LogP contribution in [0.25, 0.3) is 0 Å². The number of hydrogen-bond donors (Lipinski definition) is 5. The van der Waals surface area contributed by atoms with E-state index in [0.29, 0.717) is 0 Å². The summed E-state index contributed by atoms with van der Waals surface area (Å²) in [5, 5.41) is 37.5. The molecule has 1 aromatic heterocycles. The lowest BCUT2D eigenvalue weighted by molar-refractivity contribution is -0.138. The molecule has 0 amide bonds. The standard InChI is InChI=1S/C13H19N3O8/c14-6(12(21)22)1-3-15-8(18)2-4-16(13(15)23)11-10(20)9(19)7(5-17)24-11/h2,4,6-7,9-11,17,19-20H,1,3,5,14H2,(H,21,22). The molecule has 5 unspecified atom stereocenters. The lowest BCUT2D eigenvalue weighted by Gasteiger charge is -2.19. The Bertz CT molecular complexity index is 714. The predicted octanol–water partition coefficient (Wildman–Crippen LogP) is -3.58. The highest BCUT2D eigenvalue weighted by Crippen LogP contribution is 2.27. The smallest absolute Gasteiger partial charge is 0.333 e. The van der Waals surface area contributed by atoms with Crippen LogP contribution in [0.2, 0.25) is 0 Å². The van der Waals surface area contributed by atoms with Gasteiger partial charge in [-0.15, -0.1) is 0 Å². The first-order valence-corrected chi connectivity index (χ1v) is 7.20. The lowest BCUT2D eigenvalue weighted by Crippen LogP contribution is -2.44. The summed E-state index contributed by atoms with van der Waals surface area (Å²) in [6, 6.07) is -0.193. The Kier molecular flexibility index (Phi) is 5.51. The maximum Gasteiger partial charge on any atom is 0.333 e. The number of rotatable bonds is 6. The van der Waals surface area contributed by atoms with Crippen molar-refractivity contribution < 1.29 is 30.0 Å². The molecule has 134 valence electrons. The Morgan fingerprint density at radius 2 is 2.00 bits per heavy atom. The number of aliphatic carboxylic acids is 1. The van der Waals surface area contributed by atoms with Crippen LogP contribution in [0.5, 0.6) is 0 Å². The van der Waals surface area contributed by atoms with E-state index in [-0.39, 0.29) is 13.0 Å². The summed E-state index contributed by atoms with van der Waals surface area (Å²) in [6.45, 7) is -0.794. The van der Waals surface area contributed by atoms with E-state index in [1.807, 2.05) is 0 Å². The van der Waals surface area contributed by atoms with Gasteiger partial charge in [-0.25, -0.2) is 4.79 Å². The summed E-state index contributed by atoms with van der Waals surface area (Å²) in [4.78, 5) is 34.9. The molecule has 1 fully saturated rings. The van der Waals surface area contributed by atoms with Crippen LogP contribution in [0.3, 0.4) is 0 Å². The minimum atomic E-state index is -1.48. The highest BCUT2D eigenvalue weighted by atomic mass is 16.6. The molecule has 0 aliphatic carbocycles. The molecule has 0 spiro atoms. The molecule has 0 radical (unpaired) electrons. The molecule has 1 aromatic rings. The predicted molar refractivity (Wildman–Crippen MR) is 78.2 cm³/mol. The van der Waals surface area contributed by atoms with E-state index in [1.54, 1.807) is 0 Å². The second-order valence-corrected chi connectivity index (χ2v) is 5.46. The normalized spacial score (nSPS) is 28.0. The van der Waals surface area contributed by atoms with E-state index in [9.17, 15) is 24.6 Å². The largest absolute Gasteiger partial charge is 0.480 e. The third-order valence-corrected chi connectivity index (χ3v) is 3.87. The van der Waals surface area contributed by atoms with Crippen LogP contribution in [0.15, 0.2) is 21.9 Å². The van der Waals surface area contributed by atoms with Gasteiger partial charge in [0.25, 0.3) is 5.56 Å². The van der Waals surface area contributed by atoms with Crippen molar-refractivity contribution in [3.05, 3.63) is 33.1 Å². The second kappa shape index (κ2) is 7.23. The van der Waals surface area contributed by atoms with Crippen molar-refractivity contribution in [2.75, 3.05) is 6.61 Å². The lowest BCUT2D eigenvalue weighted by atomic mass is 10.1. The highest BCUT2D eigenvalue weighted by molar-refractivity contribution is 5.72. The minimum absolute atomic E-state index is 0.148. The molecule has 0 bridgehead atoms. The van der Waals surface area contributed by atoms with Crippen LogP contribution in [0, 0.1) is 0 Å². The number of hydrogen-bond acceptors (Lipinski definition) is 8. The number of carboxylic acid groups (broad SMARTS) is 1. The van der Waals surface area contributed by atoms with Crippen molar-refractivity contribution in [2.24, 2.45) is 5.73 Å². The van der Waals surface area contributed by atoms with Crippen LogP contribution in [0.4, 0.5) is 0 Å². The Balaban J connectivity index is 2.30. The third kappa shape index (κ3) is 3.39. The van der Waals surface area contributed by atoms with Gasteiger partial charge in [0.2, 0.25) is 0 Å². The zero-order valence-corrected chi connectivity index (χ0v) is 12.6. The molecule has 1 saturated heterocycles. The van der Waals surface area contributed by atoms with Gasteiger partial charge in [-0.1, -0.05) is 0 Å². The average Bonchev–Trinajstić information content (AvgIpc) is 2.82. The van der Waals surface area contributed by atoms with Gasteiger partial charge < -0.3 is 30.9 Å². The molecule has 2 heterocycles. The van der Waals surface area contributed by atoms with Crippen molar-refractivity contribution in [1.82, 2.24) is 9.13 Å². The molecule has 0 aromatic carbocycles. The van der Waals surface area contributed by atoms with Crippen molar-refractivity contribution >= 4 is 5.97 Å². The Morgan fingerprint density at radius 1 is 1.33 bits per heavy atom. The zero-order valence-electron chi connectivity index (χ0n) is 12.6. The third-order valence-electron chi connectivity index (χ3n) is 3.87. The molecule has 0 saturated carbocycles. The molecule has 6 N–H and O–H groups in total. The molecule has 1 aliphatic heterocycles. The number of aliphatic hydroxyl groups is 3. The number of aliphatic hydroxyl groups excluding tert-OH is 3. The molecule has 2 rings (SSSR count). The van der Waals surface area contributed by atoms with Crippen LogP contribution in [0.1, 0.15) is 12.6 Å². The van der Waals surface area contributed by atoms with Gasteiger partial charge in [0.05, 0.1) is 6.61 Å². The first-order chi connectivity index (χ1) is 11.3. The van der Waals surface area contributed by atoms with Gasteiger partial charge >= 0.3 is 11.7 Å². The van der Waals surface area contributed by atoms with Crippen LogP contribution in [-0.2, 0) is 16.1 Å². The van der Waals surface area contributed by atoms with Crippen molar-refractivity contribution in [1.29, 1.82) is 0 Å². The summed E-state index contributed by atoms with van der Waals surface area (Å²) < 4.78 is 6.90. The number of aromatic nitrogens is 2. The second-order valence-electron chi connectivity index (χ2n) is 5.46. The van der Waals surface area contributed by atoms with Gasteiger partial charge in [0.15, 0.2) is 6.23 Å². The molecule has 11 nitrogen and oxygen atoms in total. The maximum atomic E-state index is 12.4. The number of carbonyl (C=O) groups is 1. The zero-order chi connectivity index (χ0) is 18.0. The Morgan fingerprint density at radius 3 is 2.54 bits per heavy atom. The summed E-state index contributed by atoms with van der Waals surface area (Å²) in [7, 11) is 0. The summed E-state index contributed by atoms with van der Waals surface area (Å²) in [5.41, 5.74) is 3.83. The van der Waals surface area contributed by atoms with Gasteiger partial charge in [0, 0.05) is 18.8 Å². The molecule has 24 heavy (non-hydrogen) atoms. The molecular formula is C13H19N3O8. The Labute approximate surface area is 135 Å². The first kappa shape index (κ1) is 18.3. The summed E-state index contributed by atoms with van der Waals surface area (Å²) in [6.07, 6.45) is -4.29. The minimum Gasteiger partial charge on any atom is -0.480 e. The monoisotopic (exact) mass is 345 g/mol. The fourth-order valence-corrected chi connectivity index (χ4v) is 2.43. The number of nitrogens with zero attached hydrogens (tertiary/aromatic N) is 2. The summed E-state index contributed by atoms with van der Waals surface area (Å²) in [5.74, 6) is -1.26. The van der Waals surface area contributed by atoms with Crippen LogP contribution < -0.4 is 17.0 Å². The van der Waals surface area contributed by atoms with Crippen molar-refractivity contribution in [3.8, 4) is 0 Å². The van der Waals surface area contributed by atoms with Gasteiger partial charge in [-0.2, -0.15) is 0 Å². The van der Waals surface area contributed by atoms with Crippen LogP contribution in [-0.4, -0.2) is 66.5 Å². The van der Waals surface area contributed by atoms with E-state index in [4.69, 9.17) is 20.7 Å². The van der Waals surface area contributed by atoms with Gasteiger partial charge in [-0.05, 0) is 6.42 Å². The molecule has 11 heteroatoms. The quantitative estimate of drug-likeness (QED) is 0.349. The molecular weight excluding hydrogens is 326 g/mol. The number of carboxylic acids is 1. The van der Waals surface area contributed by atoms with E-state index in [1.165, 1.54) is 0 Å². The molecule has 5 atom stereocenters. The highest BCUT2D eigenvalue weighted by Gasteiger charge is 2.43. The van der Waals surface area contributed by atoms with Crippen molar-refractivity contribution in [3.63, 3.8) is 0 Å². The fraction of sp³-hybridized carbons (Fsp3) is 0.615. The Hall–Kier alpha value is -2.05. The van der Waals surface area contributed by atoms with Crippen LogP contribution >= 0.6 is 0 Å². The first-order valence-electron chi connectivity index (χ1n) is 7.20. The average molecular weight is 345 g/mol. The van der Waals surface area contributed by atoms with Gasteiger partial charge in [-0.3, -0.25) is 18.7 Å².